The Labute approximate surface area is 139 Å². The highest BCUT2D eigenvalue weighted by Crippen LogP contribution is 2.10. The van der Waals surface area contributed by atoms with Crippen LogP contribution in [-0.4, -0.2) is 47.3 Å². The maximum absolute atomic E-state index is 11.7. The van der Waals surface area contributed by atoms with Gasteiger partial charge in [0.05, 0.1) is 0 Å². The van der Waals surface area contributed by atoms with Crippen LogP contribution in [0, 0.1) is 0 Å². The number of rotatable bonds is 8. The predicted octanol–water partition coefficient (Wildman–Crippen LogP) is 2.15. The second-order valence-electron chi connectivity index (χ2n) is 6.53. The van der Waals surface area contributed by atoms with E-state index < -0.39 is 5.60 Å². The van der Waals surface area contributed by atoms with Crippen molar-refractivity contribution in [1.29, 1.82) is 0 Å². The first-order valence-corrected chi connectivity index (χ1v) is 8.15. The smallest absolute Gasteiger partial charge is 0.407 e. The van der Waals surface area contributed by atoms with Gasteiger partial charge in [-0.15, -0.1) is 0 Å². The van der Waals surface area contributed by atoms with E-state index in [1.807, 2.05) is 32.9 Å². The molecule has 0 radical (unpaired) electrons. The van der Waals surface area contributed by atoms with Gasteiger partial charge in [0.1, 0.15) is 5.60 Å². The molecular formula is C17H30N4O2. The molecule has 0 saturated carbocycles. The lowest BCUT2D eigenvalue weighted by Crippen LogP contribution is -2.43. The van der Waals surface area contributed by atoms with E-state index in [0.29, 0.717) is 13.1 Å². The van der Waals surface area contributed by atoms with Gasteiger partial charge in [0.2, 0.25) is 0 Å². The van der Waals surface area contributed by atoms with Gasteiger partial charge in [-0.1, -0.05) is 6.92 Å². The van der Waals surface area contributed by atoms with E-state index in [4.69, 9.17) is 10.5 Å². The molecule has 6 nitrogen and oxygen atoms in total. The van der Waals surface area contributed by atoms with E-state index in [1.165, 1.54) is 5.56 Å². The fourth-order valence-corrected chi connectivity index (χ4v) is 2.33. The number of nitrogens with one attached hydrogen (secondary N) is 1. The van der Waals surface area contributed by atoms with Crippen molar-refractivity contribution in [2.45, 2.75) is 52.3 Å². The summed E-state index contributed by atoms with van der Waals surface area (Å²) in [6, 6.07) is 4.23. The molecule has 1 unspecified atom stereocenters. The van der Waals surface area contributed by atoms with Crippen LogP contribution in [0.4, 0.5) is 4.79 Å². The fraction of sp³-hybridized carbons (Fsp3) is 0.647. The molecule has 0 aromatic carbocycles. The Balaban J connectivity index is 2.46. The van der Waals surface area contributed by atoms with Crippen molar-refractivity contribution in [1.82, 2.24) is 15.2 Å². The highest BCUT2D eigenvalue weighted by molar-refractivity contribution is 5.67. The lowest BCUT2D eigenvalue weighted by molar-refractivity contribution is 0.0521. The summed E-state index contributed by atoms with van der Waals surface area (Å²) in [4.78, 5) is 18.0. The molecule has 0 fully saturated rings. The van der Waals surface area contributed by atoms with Crippen molar-refractivity contribution in [3.05, 3.63) is 30.1 Å². The number of amides is 1. The summed E-state index contributed by atoms with van der Waals surface area (Å²) in [6.07, 6.45) is 4.00. The monoisotopic (exact) mass is 322 g/mol. The van der Waals surface area contributed by atoms with Gasteiger partial charge in [0.25, 0.3) is 0 Å². The van der Waals surface area contributed by atoms with Crippen LogP contribution >= 0.6 is 0 Å². The average molecular weight is 322 g/mol. The number of hydrogen-bond acceptors (Lipinski definition) is 5. The van der Waals surface area contributed by atoms with Crippen molar-refractivity contribution in [3.63, 3.8) is 0 Å². The summed E-state index contributed by atoms with van der Waals surface area (Å²) in [6.45, 7) is 10.5. The molecule has 0 aliphatic rings. The quantitative estimate of drug-likeness (QED) is 0.766. The third kappa shape index (κ3) is 7.95. The van der Waals surface area contributed by atoms with Gasteiger partial charge in [-0.25, -0.2) is 4.79 Å². The summed E-state index contributed by atoms with van der Waals surface area (Å²) >= 11 is 0. The molecule has 0 bridgehead atoms. The lowest BCUT2D eigenvalue weighted by atomic mass is 10.1. The molecule has 130 valence electrons. The Morgan fingerprint density at radius 1 is 1.39 bits per heavy atom. The Bertz CT molecular complexity index is 459. The molecule has 1 amide bonds. The molecule has 1 heterocycles. The normalized spacial score (nSPS) is 13.0. The SMILES string of the molecule is CCN(Cc1ccncc1)C(CN)CCNC(=O)OC(C)(C)C. The molecule has 3 N–H and O–H groups in total. The Hall–Kier alpha value is -1.66. The third-order valence-corrected chi connectivity index (χ3v) is 3.48. The van der Waals surface area contributed by atoms with Crippen LogP contribution in [0.15, 0.2) is 24.5 Å². The third-order valence-electron chi connectivity index (χ3n) is 3.48. The van der Waals surface area contributed by atoms with Crippen molar-refractivity contribution in [2.24, 2.45) is 5.73 Å². The van der Waals surface area contributed by atoms with E-state index in [1.54, 1.807) is 12.4 Å². The van der Waals surface area contributed by atoms with E-state index in [2.05, 4.69) is 22.1 Å². The van der Waals surface area contributed by atoms with E-state index in [-0.39, 0.29) is 12.1 Å². The Morgan fingerprint density at radius 2 is 2.04 bits per heavy atom. The van der Waals surface area contributed by atoms with E-state index in [9.17, 15) is 4.79 Å². The van der Waals surface area contributed by atoms with Crippen LogP contribution < -0.4 is 11.1 Å². The summed E-state index contributed by atoms with van der Waals surface area (Å²) < 4.78 is 5.23. The summed E-state index contributed by atoms with van der Waals surface area (Å²) in [5.74, 6) is 0. The maximum atomic E-state index is 11.7. The first-order chi connectivity index (χ1) is 10.9. The molecule has 0 aliphatic carbocycles. The van der Waals surface area contributed by atoms with Crippen molar-refractivity contribution < 1.29 is 9.53 Å². The number of hydrogen-bond donors (Lipinski definition) is 2. The van der Waals surface area contributed by atoms with E-state index in [0.717, 1.165) is 19.5 Å². The number of carbonyl (C=O) groups excluding carboxylic acids is 1. The lowest BCUT2D eigenvalue weighted by Gasteiger charge is -2.30. The van der Waals surface area contributed by atoms with Crippen LogP contribution in [0.3, 0.4) is 0 Å². The molecule has 1 atom stereocenters. The standard InChI is InChI=1S/C17H30N4O2/c1-5-21(13-14-6-9-19-10-7-14)15(12-18)8-11-20-16(22)23-17(2,3)4/h6-7,9-10,15H,5,8,11-13,18H2,1-4H3,(H,20,22). The minimum atomic E-state index is -0.478. The first kappa shape index (κ1) is 19.4. The predicted molar refractivity (Wildman–Crippen MR) is 92.0 cm³/mol. The molecule has 23 heavy (non-hydrogen) atoms. The van der Waals surface area contributed by atoms with Gasteiger partial charge in [-0.05, 0) is 51.4 Å². The number of pyridine rings is 1. The number of carbonyl (C=O) groups is 1. The molecular weight excluding hydrogens is 292 g/mol. The molecule has 6 heteroatoms. The number of alkyl carbamates (subject to hydrolysis) is 1. The molecule has 0 spiro atoms. The van der Waals surface area contributed by atoms with E-state index >= 15 is 0 Å². The van der Waals surface area contributed by atoms with Crippen molar-refractivity contribution >= 4 is 6.09 Å². The number of likely N-dealkylation sites (N-methyl/N-ethyl adjacent to an activating group) is 1. The summed E-state index contributed by atoms with van der Waals surface area (Å²) in [5, 5.41) is 2.79. The number of ether oxygens (including phenoxy) is 1. The van der Waals surface area contributed by atoms with Gasteiger partial charge in [0.15, 0.2) is 0 Å². The minimum Gasteiger partial charge on any atom is -0.444 e. The van der Waals surface area contributed by atoms with Crippen LogP contribution in [-0.2, 0) is 11.3 Å². The first-order valence-electron chi connectivity index (χ1n) is 8.15. The molecule has 0 saturated heterocycles. The zero-order valence-corrected chi connectivity index (χ0v) is 14.7. The fourth-order valence-electron chi connectivity index (χ4n) is 2.33. The number of nitrogens with zero attached hydrogens (tertiary/aromatic N) is 2. The Kier molecular flexibility index (Phi) is 7.98. The zero-order valence-electron chi connectivity index (χ0n) is 14.7. The molecule has 1 aromatic heterocycles. The maximum Gasteiger partial charge on any atom is 0.407 e. The Morgan fingerprint density at radius 3 is 2.57 bits per heavy atom. The topological polar surface area (TPSA) is 80.5 Å². The van der Waals surface area contributed by atoms with Gasteiger partial charge in [0, 0.05) is 38.1 Å². The van der Waals surface area contributed by atoms with Gasteiger partial charge in [-0.3, -0.25) is 9.88 Å². The van der Waals surface area contributed by atoms with Crippen LogP contribution in [0.25, 0.3) is 0 Å². The van der Waals surface area contributed by atoms with Gasteiger partial charge >= 0.3 is 6.09 Å². The molecule has 0 aliphatic heterocycles. The zero-order chi connectivity index (χ0) is 17.3. The van der Waals surface area contributed by atoms with Gasteiger partial charge in [-0.2, -0.15) is 0 Å². The summed E-state index contributed by atoms with van der Waals surface area (Å²) in [5.41, 5.74) is 6.65. The average Bonchev–Trinajstić information content (AvgIpc) is 2.49. The van der Waals surface area contributed by atoms with Crippen LogP contribution in [0.2, 0.25) is 0 Å². The highest BCUT2D eigenvalue weighted by Gasteiger charge is 2.18. The second-order valence-corrected chi connectivity index (χ2v) is 6.53. The number of aromatic nitrogens is 1. The van der Waals surface area contributed by atoms with Crippen molar-refractivity contribution in [2.75, 3.05) is 19.6 Å². The number of nitrogens with two attached hydrogens (primary N) is 1. The minimum absolute atomic E-state index is 0.211. The van der Waals surface area contributed by atoms with Crippen LogP contribution in [0.5, 0.6) is 0 Å². The van der Waals surface area contributed by atoms with Crippen molar-refractivity contribution in [3.8, 4) is 0 Å². The van der Waals surface area contributed by atoms with Crippen LogP contribution in [0.1, 0.15) is 39.7 Å². The molecule has 1 rings (SSSR count). The molecule has 1 aromatic rings. The highest BCUT2D eigenvalue weighted by atomic mass is 16.6. The summed E-state index contributed by atoms with van der Waals surface area (Å²) in [7, 11) is 0. The second kappa shape index (κ2) is 9.47. The van der Waals surface area contributed by atoms with Gasteiger partial charge < -0.3 is 15.8 Å². The largest absolute Gasteiger partial charge is 0.444 e.